The van der Waals surface area contributed by atoms with Gasteiger partial charge in [-0.25, -0.2) is 4.79 Å². The topological polar surface area (TPSA) is 175 Å². The van der Waals surface area contributed by atoms with Gasteiger partial charge in [0.2, 0.25) is 0 Å². The third kappa shape index (κ3) is 46.9. The molecular formula is C71H112O12. The number of aliphatic hydroxyl groups is 2. The highest BCUT2D eigenvalue weighted by Crippen LogP contribution is 2.26. The Hall–Kier alpha value is -5.14. The maximum Gasteiger partial charge on any atom is 0.335 e. The maximum absolute atomic E-state index is 13.2. The molecule has 83 heavy (non-hydrogen) atoms. The zero-order chi connectivity index (χ0) is 60.3. The van der Waals surface area contributed by atoms with Crippen molar-refractivity contribution in [2.75, 3.05) is 13.2 Å². The fraction of sp³-hybridized carbons (Fsp3) is 0.634. The minimum absolute atomic E-state index is 0.0110. The molecule has 0 aromatic heterocycles. The van der Waals surface area contributed by atoms with Crippen molar-refractivity contribution in [3.05, 3.63) is 134 Å². The number of carboxylic acids is 1. The van der Waals surface area contributed by atoms with E-state index < -0.39 is 67.3 Å². The monoisotopic (exact) mass is 1160 g/mol. The molecule has 6 atom stereocenters. The van der Waals surface area contributed by atoms with E-state index in [1.807, 2.05) is 0 Å². The number of unbranched alkanes of at least 4 members (excludes halogenated alkanes) is 17. The first kappa shape index (κ1) is 75.9. The summed E-state index contributed by atoms with van der Waals surface area (Å²) in [5, 5.41) is 31.6. The fourth-order valence-electron chi connectivity index (χ4n) is 8.83. The molecule has 1 fully saturated rings. The van der Waals surface area contributed by atoms with Gasteiger partial charge in [-0.05, 0) is 135 Å². The van der Waals surface area contributed by atoms with Crippen LogP contribution in [0.25, 0.3) is 0 Å². The summed E-state index contributed by atoms with van der Waals surface area (Å²) in [4.78, 5) is 51.3. The molecule has 0 aliphatic carbocycles. The Balaban J connectivity index is 2.71. The Bertz CT molecular complexity index is 1950. The predicted octanol–water partition coefficient (Wildman–Crippen LogP) is 17.3. The number of ether oxygens (including phenoxy) is 5. The summed E-state index contributed by atoms with van der Waals surface area (Å²) in [5.74, 6) is -3.21. The van der Waals surface area contributed by atoms with Crippen LogP contribution in [0.1, 0.15) is 239 Å². The first-order valence-electron chi connectivity index (χ1n) is 32.2. The quantitative estimate of drug-likeness (QED) is 0.0228. The van der Waals surface area contributed by atoms with Gasteiger partial charge in [-0.2, -0.15) is 0 Å². The number of hydrogen-bond acceptors (Lipinski definition) is 11. The number of hydrogen-bond donors (Lipinski definition) is 3. The van der Waals surface area contributed by atoms with E-state index in [9.17, 15) is 34.5 Å². The van der Waals surface area contributed by atoms with E-state index in [-0.39, 0.29) is 25.9 Å². The molecule has 0 radical (unpaired) electrons. The van der Waals surface area contributed by atoms with E-state index in [4.69, 9.17) is 23.7 Å². The summed E-state index contributed by atoms with van der Waals surface area (Å²) in [6.07, 6.45) is 68.3. The average molecular weight is 1160 g/mol. The third-order valence-corrected chi connectivity index (χ3v) is 13.7. The second-order valence-corrected chi connectivity index (χ2v) is 21.3. The maximum atomic E-state index is 13.2. The van der Waals surface area contributed by atoms with Crippen molar-refractivity contribution in [1.29, 1.82) is 0 Å². The molecule has 12 nitrogen and oxygen atoms in total. The van der Waals surface area contributed by atoms with Crippen LogP contribution in [-0.2, 0) is 42.9 Å². The zero-order valence-corrected chi connectivity index (χ0v) is 51.6. The largest absolute Gasteiger partial charge is 0.479 e. The molecule has 0 spiro atoms. The summed E-state index contributed by atoms with van der Waals surface area (Å²) >= 11 is 0. The number of allylic oxidation sites excluding steroid dienone is 22. The summed E-state index contributed by atoms with van der Waals surface area (Å²) in [6.45, 7) is 5.71. The molecule has 1 rings (SSSR count). The van der Waals surface area contributed by atoms with E-state index in [2.05, 4.69) is 154 Å². The lowest BCUT2D eigenvalue weighted by atomic mass is 9.98. The Morgan fingerprint density at radius 1 is 0.410 bits per heavy atom. The van der Waals surface area contributed by atoms with E-state index in [0.717, 1.165) is 161 Å². The molecule has 0 saturated carbocycles. The fourth-order valence-corrected chi connectivity index (χ4v) is 8.83. The van der Waals surface area contributed by atoms with E-state index >= 15 is 0 Å². The molecule has 3 N–H and O–H groups in total. The standard InChI is InChI=1S/C71H112O12/c1-4-7-10-13-16-19-22-25-28-30-32-34-37-39-42-45-48-51-54-57-63(72)79-60-62(81-64(73)58-55-52-49-46-43-40-36-27-24-21-18-15-12-9-6-3)61-80-71-69(67(76)66(75)68(83-71)70(77)78)82-65(74)59-56-53-50-47-44-41-38-35-33-31-29-26-23-20-17-14-11-8-5-2/h7-8,10-11,16-21,25-29,32-36,41,44,62,66-69,71,75-76H,4-6,9,12-15,22-24,30-31,37-40,42-43,45-61H2,1-3H3,(H,77,78)/b10-7-,11-8-,19-16-,20-17-,21-18-,28-25-,29-26-,34-32-,35-33-,36-27-,44-41-. The van der Waals surface area contributed by atoms with Gasteiger partial charge in [0.05, 0.1) is 6.61 Å². The molecule has 12 heteroatoms. The summed E-state index contributed by atoms with van der Waals surface area (Å²) < 4.78 is 28.5. The first-order valence-corrected chi connectivity index (χ1v) is 32.2. The lowest BCUT2D eigenvalue weighted by Gasteiger charge is -2.40. The molecule has 0 aromatic rings. The number of rotatable bonds is 53. The lowest BCUT2D eigenvalue weighted by Crippen LogP contribution is -2.61. The smallest absolute Gasteiger partial charge is 0.335 e. The third-order valence-electron chi connectivity index (χ3n) is 13.7. The van der Waals surface area contributed by atoms with Gasteiger partial charge in [0.25, 0.3) is 0 Å². The van der Waals surface area contributed by atoms with Crippen LogP contribution in [0.15, 0.2) is 134 Å². The van der Waals surface area contributed by atoms with Gasteiger partial charge in [0.15, 0.2) is 24.6 Å². The highest BCUT2D eigenvalue weighted by atomic mass is 16.7. The number of esters is 3. The van der Waals surface area contributed by atoms with E-state index in [0.29, 0.717) is 19.3 Å². The Kier molecular flexibility index (Phi) is 52.4. The number of carboxylic acid groups (broad SMARTS) is 1. The normalized spacial score (nSPS) is 18.5. The van der Waals surface area contributed by atoms with Crippen molar-refractivity contribution in [3.63, 3.8) is 0 Å². The molecule has 1 aliphatic heterocycles. The van der Waals surface area contributed by atoms with Crippen LogP contribution in [-0.4, -0.2) is 89.2 Å². The molecule has 468 valence electrons. The van der Waals surface area contributed by atoms with Crippen LogP contribution < -0.4 is 0 Å². The van der Waals surface area contributed by atoms with Gasteiger partial charge in [0, 0.05) is 19.3 Å². The molecule has 1 aliphatic rings. The van der Waals surface area contributed by atoms with Crippen molar-refractivity contribution in [2.24, 2.45) is 0 Å². The Labute approximate surface area is 502 Å². The SMILES string of the molecule is CC/C=C\C/C=C\C/C=C\C/C=C\C/C=C\CCCCCC(=O)OC1C(OCC(COC(=O)CCCCCCCC/C=C\C/C=C\C/C=C\C/C=C\CC)OC(=O)CCCCCCC/C=C\C/C=C\CCCCC)OC(C(=O)O)C(O)C1O. The van der Waals surface area contributed by atoms with Crippen molar-refractivity contribution in [1.82, 2.24) is 0 Å². The van der Waals surface area contributed by atoms with Crippen LogP contribution in [0.5, 0.6) is 0 Å². The summed E-state index contributed by atoms with van der Waals surface area (Å²) in [6, 6.07) is 0. The second-order valence-electron chi connectivity index (χ2n) is 21.3. The van der Waals surface area contributed by atoms with Crippen LogP contribution in [0, 0.1) is 0 Å². The average Bonchev–Trinajstić information content (AvgIpc) is 3.60. The van der Waals surface area contributed by atoms with E-state index in [1.165, 1.54) is 19.3 Å². The van der Waals surface area contributed by atoms with Gasteiger partial charge in [-0.3, -0.25) is 14.4 Å². The van der Waals surface area contributed by atoms with Crippen LogP contribution >= 0.6 is 0 Å². The first-order chi connectivity index (χ1) is 40.6. The molecule has 1 heterocycles. The van der Waals surface area contributed by atoms with Crippen LogP contribution in [0.2, 0.25) is 0 Å². The highest BCUT2D eigenvalue weighted by Gasteiger charge is 2.50. The van der Waals surface area contributed by atoms with Gasteiger partial charge >= 0.3 is 23.9 Å². The molecular weight excluding hydrogens is 1040 g/mol. The van der Waals surface area contributed by atoms with Crippen molar-refractivity contribution < 1.29 is 58.2 Å². The number of carbonyl (C=O) groups excluding carboxylic acids is 3. The summed E-state index contributed by atoms with van der Waals surface area (Å²) in [7, 11) is 0. The van der Waals surface area contributed by atoms with Crippen LogP contribution in [0.4, 0.5) is 0 Å². The zero-order valence-electron chi connectivity index (χ0n) is 51.6. The van der Waals surface area contributed by atoms with Gasteiger partial charge in [0.1, 0.15) is 18.8 Å². The molecule has 0 amide bonds. The summed E-state index contributed by atoms with van der Waals surface area (Å²) in [5.41, 5.74) is 0. The van der Waals surface area contributed by atoms with Crippen LogP contribution in [0.3, 0.4) is 0 Å². The highest BCUT2D eigenvalue weighted by molar-refractivity contribution is 5.74. The second kappa shape index (κ2) is 57.3. The Morgan fingerprint density at radius 3 is 1.17 bits per heavy atom. The van der Waals surface area contributed by atoms with Crippen molar-refractivity contribution in [2.45, 2.75) is 276 Å². The molecule has 1 saturated heterocycles. The Morgan fingerprint density at radius 2 is 0.759 bits per heavy atom. The molecule has 0 aromatic carbocycles. The number of aliphatic hydroxyl groups excluding tert-OH is 2. The number of aliphatic carboxylic acids is 1. The van der Waals surface area contributed by atoms with Crippen molar-refractivity contribution in [3.8, 4) is 0 Å². The van der Waals surface area contributed by atoms with Crippen molar-refractivity contribution >= 4 is 23.9 Å². The predicted molar refractivity (Wildman–Crippen MR) is 340 cm³/mol. The van der Waals surface area contributed by atoms with Gasteiger partial charge in [-0.1, -0.05) is 219 Å². The minimum atomic E-state index is -1.93. The number of carbonyl (C=O) groups is 4. The van der Waals surface area contributed by atoms with Gasteiger partial charge in [-0.15, -0.1) is 0 Å². The van der Waals surface area contributed by atoms with Gasteiger partial charge < -0.3 is 39.0 Å². The lowest BCUT2D eigenvalue weighted by molar-refractivity contribution is -0.301. The molecule has 0 bridgehead atoms. The van der Waals surface area contributed by atoms with E-state index in [1.54, 1.807) is 0 Å². The molecule has 6 unspecified atom stereocenters. The minimum Gasteiger partial charge on any atom is -0.479 e.